The van der Waals surface area contributed by atoms with E-state index in [0.717, 1.165) is 21.2 Å². The van der Waals surface area contributed by atoms with Gasteiger partial charge in [0.25, 0.3) is 0 Å². The van der Waals surface area contributed by atoms with E-state index < -0.39 is 10.0 Å². The summed E-state index contributed by atoms with van der Waals surface area (Å²) in [5, 5.41) is 2.52. The van der Waals surface area contributed by atoms with E-state index in [1.807, 2.05) is 6.92 Å². The molecule has 0 atom stereocenters. The molecule has 17 heavy (non-hydrogen) atoms. The molecule has 0 aliphatic rings. The van der Waals surface area contributed by atoms with Crippen LogP contribution in [-0.2, 0) is 16.6 Å². The Kier molecular flexibility index (Phi) is 3.48. The molecule has 0 amide bonds. The molecule has 0 saturated carbocycles. The molecule has 2 aromatic heterocycles. The first-order valence-electron chi connectivity index (χ1n) is 4.72. The molecule has 2 rings (SSSR count). The summed E-state index contributed by atoms with van der Waals surface area (Å²) in [6.07, 6.45) is 1.67. The van der Waals surface area contributed by atoms with Gasteiger partial charge in [0.05, 0.1) is 5.01 Å². The number of thiazole rings is 1. The number of thiophene rings is 1. The molecular formula is C9H11N3O2S3. The van der Waals surface area contributed by atoms with Crippen LogP contribution in [0.4, 0.5) is 5.69 Å². The van der Waals surface area contributed by atoms with Crippen molar-refractivity contribution in [3.05, 3.63) is 27.5 Å². The second kappa shape index (κ2) is 4.73. The van der Waals surface area contributed by atoms with Crippen LogP contribution in [0.5, 0.6) is 0 Å². The summed E-state index contributed by atoms with van der Waals surface area (Å²) in [6, 6.07) is 1.45. The maximum absolute atomic E-state index is 11.9. The molecule has 2 heterocycles. The number of aryl methyl sites for hydroxylation is 1. The Hall–Kier alpha value is -0.960. The molecule has 0 unspecified atom stereocenters. The lowest BCUT2D eigenvalue weighted by Crippen LogP contribution is -2.21. The van der Waals surface area contributed by atoms with Crippen LogP contribution in [0.15, 0.2) is 21.9 Å². The fourth-order valence-corrected chi connectivity index (χ4v) is 4.15. The van der Waals surface area contributed by atoms with Gasteiger partial charge in [-0.2, -0.15) is 0 Å². The number of nitrogens with one attached hydrogen (secondary N) is 1. The van der Waals surface area contributed by atoms with Gasteiger partial charge in [0.1, 0.15) is 4.21 Å². The molecule has 0 aliphatic carbocycles. The minimum Gasteiger partial charge on any atom is -0.398 e. The molecule has 5 nitrogen and oxygen atoms in total. The summed E-state index contributed by atoms with van der Waals surface area (Å²) >= 11 is 2.58. The summed E-state index contributed by atoms with van der Waals surface area (Å²) in [7, 11) is -3.46. The third kappa shape index (κ3) is 3.03. The van der Waals surface area contributed by atoms with Gasteiger partial charge in [0.2, 0.25) is 10.0 Å². The van der Waals surface area contributed by atoms with E-state index in [-0.39, 0.29) is 10.8 Å². The molecule has 0 aliphatic heterocycles. The molecule has 3 N–H and O–H groups in total. The lowest BCUT2D eigenvalue weighted by Gasteiger charge is -2.01. The van der Waals surface area contributed by atoms with Crippen molar-refractivity contribution in [3.63, 3.8) is 0 Å². The largest absolute Gasteiger partial charge is 0.398 e. The number of anilines is 1. The fourth-order valence-electron chi connectivity index (χ4n) is 1.20. The van der Waals surface area contributed by atoms with Crippen LogP contribution in [0.25, 0.3) is 0 Å². The molecule has 92 valence electrons. The van der Waals surface area contributed by atoms with Crippen molar-refractivity contribution in [2.75, 3.05) is 5.73 Å². The maximum atomic E-state index is 11.9. The van der Waals surface area contributed by atoms with Crippen LogP contribution >= 0.6 is 22.7 Å². The van der Waals surface area contributed by atoms with E-state index in [0.29, 0.717) is 5.69 Å². The van der Waals surface area contributed by atoms with Crippen LogP contribution in [0.3, 0.4) is 0 Å². The Bertz CT molecular complexity index is 615. The van der Waals surface area contributed by atoms with Crippen molar-refractivity contribution >= 4 is 38.4 Å². The highest BCUT2D eigenvalue weighted by molar-refractivity contribution is 7.91. The molecular weight excluding hydrogens is 278 g/mol. The zero-order chi connectivity index (χ0) is 12.5. The number of hydrogen-bond acceptors (Lipinski definition) is 6. The Morgan fingerprint density at radius 3 is 2.82 bits per heavy atom. The zero-order valence-electron chi connectivity index (χ0n) is 9.00. The van der Waals surface area contributed by atoms with E-state index in [1.54, 1.807) is 11.6 Å². The van der Waals surface area contributed by atoms with Gasteiger partial charge in [-0.3, -0.25) is 0 Å². The summed E-state index contributed by atoms with van der Waals surface area (Å²) < 4.78 is 26.5. The normalized spacial score (nSPS) is 11.8. The van der Waals surface area contributed by atoms with Crippen molar-refractivity contribution in [2.45, 2.75) is 17.7 Å². The van der Waals surface area contributed by atoms with Gasteiger partial charge in [-0.15, -0.1) is 22.7 Å². The average Bonchev–Trinajstić information content (AvgIpc) is 2.85. The number of nitrogens with zero attached hydrogens (tertiary/aromatic N) is 1. The highest BCUT2D eigenvalue weighted by atomic mass is 32.2. The number of nitrogens with two attached hydrogens (primary N) is 1. The smallest absolute Gasteiger partial charge is 0.250 e. The van der Waals surface area contributed by atoms with Gasteiger partial charge in [0.15, 0.2) is 0 Å². The zero-order valence-corrected chi connectivity index (χ0v) is 11.5. The number of nitrogen functional groups attached to an aromatic ring is 1. The second-order valence-corrected chi connectivity index (χ2v) is 7.59. The lowest BCUT2D eigenvalue weighted by atomic mass is 10.6. The second-order valence-electron chi connectivity index (χ2n) is 3.37. The molecule has 0 aromatic carbocycles. The van der Waals surface area contributed by atoms with Gasteiger partial charge < -0.3 is 5.73 Å². The predicted molar refractivity (Wildman–Crippen MR) is 69.6 cm³/mol. The van der Waals surface area contributed by atoms with Crippen LogP contribution in [0, 0.1) is 6.92 Å². The van der Waals surface area contributed by atoms with Crippen molar-refractivity contribution in [3.8, 4) is 0 Å². The van der Waals surface area contributed by atoms with Crippen molar-refractivity contribution in [1.29, 1.82) is 0 Å². The summed E-state index contributed by atoms with van der Waals surface area (Å²) in [6.45, 7) is 2.13. The van der Waals surface area contributed by atoms with Gasteiger partial charge in [0, 0.05) is 28.7 Å². The number of hydrogen-bond donors (Lipinski definition) is 2. The van der Waals surface area contributed by atoms with E-state index in [4.69, 9.17) is 5.73 Å². The molecule has 0 saturated heterocycles. The Morgan fingerprint density at radius 1 is 1.53 bits per heavy atom. The lowest BCUT2D eigenvalue weighted by molar-refractivity contribution is 0.584. The molecule has 0 bridgehead atoms. The van der Waals surface area contributed by atoms with E-state index >= 15 is 0 Å². The van der Waals surface area contributed by atoms with Crippen molar-refractivity contribution in [2.24, 2.45) is 0 Å². The highest BCUT2D eigenvalue weighted by Gasteiger charge is 2.16. The Labute approximate surface area is 107 Å². The predicted octanol–water partition coefficient (Wildman–Crippen LogP) is 1.57. The van der Waals surface area contributed by atoms with Gasteiger partial charge in [-0.05, 0) is 13.0 Å². The Morgan fingerprint density at radius 2 is 2.29 bits per heavy atom. The maximum Gasteiger partial charge on any atom is 0.250 e. The number of sulfonamides is 1. The summed E-state index contributed by atoms with van der Waals surface area (Å²) in [5.41, 5.74) is 5.96. The van der Waals surface area contributed by atoms with Crippen LogP contribution < -0.4 is 10.5 Å². The van der Waals surface area contributed by atoms with Gasteiger partial charge in [-0.1, -0.05) is 0 Å². The van der Waals surface area contributed by atoms with Crippen molar-refractivity contribution in [1.82, 2.24) is 9.71 Å². The third-order valence-electron chi connectivity index (χ3n) is 1.97. The molecule has 8 heteroatoms. The van der Waals surface area contributed by atoms with Crippen LogP contribution in [0.1, 0.15) is 9.88 Å². The van der Waals surface area contributed by atoms with Gasteiger partial charge in [-0.25, -0.2) is 18.1 Å². The monoisotopic (exact) mass is 289 g/mol. The quantitative estimate of drug-likeness (QED) is 0.894. The van der Waals surface area contributed by atoms with Crippen LogP contribution in [0.2, 0.25) is 0 Å². The fraction of sp³-hybridized carbons (Fsp3) is 0.222. The summed E-state index contributed by atoms with van der Waals surface area (Å²) in [5.74, 6) is 0. The van der Waals surface area contributed by atoms with Crippen molar-refractivity contribution < 1.29 is 8.42 Å². The minimum absolute atomic E-state index is 0.233. The van der Waals surface area contributed by atoms with E-state index in [9.17, 15) is 8.42 Å². The molecule has 2 aromatic rings. The van der Waals surface area contributed by atoms with E-state index in [1.165, 1.54) is 17.4 Å². The van der Waals surface area contributed by atoms with Gasteiger partial charge >= 0.3 is 0 Å². The minimum atomic E-state index is -3.46. The SMILES string of the molecule is Cc1ncc(CNS(=O)(=O)c2cc(N)cs2)s1. The van der Waals surface area contributed by atoms with E-state index in [2.05, 4.69) is 9.71 Å². The first kappa shape index (κ1) is 12.5. The first-order chi connectivity index (χ1) is 7.97. The Balaban J connectivity index is 2.08. The number of aromatic nitrogens is 1. The standard InChI is InChI=1S/C9H11N3O2S3/c1-6-11-3-8(16-6)4-12-17(13,14)9-2-7(10)5-15-9/h2-3,5,12H,4,10H2,1H3. The molecule has 0 radical (unpaired) electrons. The topological polar surface area (TPSA) is 85.1 Å². The molecule has 0 fully saturated rings. The number of rotatable bonds is 4. The van der Waals surface area contributed by atoms with Crippen LogP contribution in [-0.4, -0.2) is 13.4 Å². The highest BCUT2D eigenvalue weighted by Crippen LogP contribution is 2.22. The third-order valence-corrected chi connectivity index (χ3v) is 5.74. The summed E-state index contributed by atoms with van der Waals surface area (Å²) in [4.78, 5) is 4.95. The average molecular weight is 289 g/mol. The first-order valence-corrected chi connectivity index (χ1v) is 7.90. The molecule has 0 spiro atoms.